The summed E-state index contributed by atoms with van der Waals surface area (Å²) >= 11 is 0. The normalized spacial score (nSPS) is 13.4. The van der Waals surface area contributed by atoms with Crippen LogP contribution in [-0.4, -0.2) is 41.9 Å². The second kappa shape index (κ2) is 5.41. The van der Waals surface area contributed by atoms with E-state index in [1.807, 2.05) is 27.0 Å². The molecule has 1 unspecified atom stereocenters. The quantitative estimate of drug-likeness (QED) is 0.854. The van der Waals surface area contributed by atoms with Crippen molar-refractivity contribution in [2.24, 2.45) is 0 Å². The van der Waals surface area contributed by atoms with Crippen LogP contribution in [-0.2, 0) is 16.3 Å². The third kappa shape index (κ3) is 2.78. The van der Waals surface area contributed by atoms with Gasteiger partial charge >= 0.3 is 0 Å². The maximum atomic E-state index is 11.5. The molecule has 0 amide bonds. The van der Waals surface area contributed by atoms with Crippen LogP contribution in [0.5, 0.6) is 0 Å². The molecule has 0 saturated carbocycles. The van der Waals surface area contributed by atoms with Crippen molar-refractivity contribution in [1.29, 1.82) is 0 Å². The number of hydrogen-bond donors (Lipinski definition) is 1. The average Bonchev–Trinajstić information content (AvgIpc) is 2.81. The summed E-state index contributed by atoms with van der Waals surface area (Å²) in [6.07, 6.45) is 4.98. The van der Waals surface area contributed by atoms with Gasteiger partial charge in [0.15, 0.2) is 0 Å². The van der Waals surface area contributed by atoms with Crippen LogP contribution in [0.3, 0.4) is 0 Å². The van der Waals surface area contributed by atoms with Gasteiger partial charge in [0.25, 0.3) is 0 Å². The van der Waals surface area contributed by atoms with E-state index in [0.717, 1.165) is 11.3 Å². The molecule has 108 valence electrons. The number of aliphatic hydroxyl groups is 1. The zero-order chi connectivity index (χ0) is 14.9. The van der Waals surface area contributed by atoms with Crippen molar-refractivity contribution in [3.05, 3.63) is 24.2 Å². The molecule has 0 aliphatic carbocycles. The summed E-state index contributed by atoms with van der Waals surface area (Å²) < 4.78 is 13.2. The molecule has 0 fully saturated rings. The molecule has 2 heterocycles. The topological polar surface area (TPSA) is 80.9 Å². The van der Waals surface area contributed by atoms with Gasteiger partial charge in [-0.1, -0.05) is 0 Å². The highest BCUT2D eigenvalue weighted by Gasteiger charge is 2.22. The Morgan fingerprint density at radius 2 is 2.15 bits per heavy atom. The Morgan fingerprint density at radius 3 is 2.75 bits per heavy atom. The Balaban J connectivity index is 2.49. The summed E-state index contributed by atoms with van der Waals surface area (Å²) in [6.45, 7) is 5.66. The van der Waals surface area contributed by atoms with Gasteiger partial charge in [0.05, 0.1) is 34.3 Å². The molecular formula is C13H18N4O2S. The molecule has 0 aliphatic rings. The third-order valence-corrected chi connectivity index (χ3v) is 3.78. The van der Waals surface area contributed by atoms with Crippen LogP contribution in [0.15, 0.2) is 23.6 Å². The van der Waals surface area contributed by atoms with Gasteiger partial charge in [0, 0.05) is 24.2 Å². The van der Waals surface area contributed by atoms with E-state index in [2.05, 4.69) is 15.1 Å². The first-order valence-corrected chi connectivity index (χ1v) is 7.75. The summed E-state index contributed by atoms with van der Waals surface area (Å²) in [5.74, 6) is 0. The van der Waals surface area contributed by atoms with E-state index in [0.29, 0.717) is 10.9 Å². The minimum absolute atomic E-state index is 0.0123. The predicted molar refractivity (Wildman–Crippen MR) is 76.7 cm³/mol. The first-order valence-electron chi connectivity index (χ1n) is 6.19. The average molecular weight is 294 g/mol. The largest absolute Gasteiger partial charge is 0.394 e. The van der Waals surface area contributed by atoms with Crippen LogP contribution in [0.2, 0.25) is 0 Å². The van der Waals surface area contributed by atoms with E-state index in [4.69, 9.17) is 0 Å². The Bertz CT molecular complexity index is 652. The Morgan fingerprint density at radius 1 is 1.45 bits per heavy atom. The summed E-state index contributed by atoms with van der Waals surface area (Å²) in [4.78, 5) is 8.28. The number of aromatic nitrogens is 4. The van der Waals surface area contributed by atoms with Gasteiger partial charge in [-0.05, 0) is 26.8 Å². The highest BCUT2D eigenvalue weighted by molar-refractivity contribution is 7.84. The van der Waals surface area contributed by atoms with Crippen molar-refractivity contribution in [1.82, 2.24) is 19.7 Å². The van der Waals surface area contributed by atoms with Crippen LogP contribution < -0.4 is 0 Å². The van der Waals surface area contributed by atoms with E-state index in [1.165, 1.54) is 0 Å². The Labute approximate surface area is 120 Å². The zero-order valence-electron chi connectivity index (χ0n) is 12.0. The lowest BCUT2D eigenvalue weighted by molar-refractivity contribution is 0.152. The summed E-state index contributed by atoms with van der Waals surface area (Å²) in [5, 5.41) is 14.1. The summed E-state index contributed by atoms with van der Waals surface area (Å²) in [6, 6.07) is 1.76. The monoisotopic (exact) mass is 294 g/mol. The lowest BCUT2D eigenvalue weighted by Crippen LogP contribution is -2.30. The molecule has 0 bridgehead atoms. The number of aliphatic hydroxyl groups excluding tert-OH is 1. The number of rotatable bonds is 4. The molecule has 6 nitrogen and oxygen atoms in total. The van der Waals surface area contributed by atoms with Crippen molar-refractivity contribution in [2.45, 2.75) is 31.5 Å². The number of aryl methyl sites for hydroxylation is 1. The van der Waals surface area contributed by atoms with Gasteiger partial charge < -0.3 is 5.11 Å². The lowest BCUT2D eigenvalue weighted by Gasteiger charge is -2.22. The lowest BCUT2D eigenvalue weighted by atomic mass is 10.1. The molecule has 1 N–H and O–H groups in total. The molecule has 2 aromatic heterocycles. The van der Waals surface area contributed by atoms with Crippen LogP contribution in [0, 0.1) is 6.92 Å². The van der Waals surface area contributed by atoms with Gasteiger partial charge in [-0.15, -0.1) is 0 Å². The standard InChI is InChI=1S/C13H18N4O2S/c1-9-10(7-17(16-9)13(2,3)8-18)11-5-6-14-12(15-11)20(4)19/h5-7,18H,8H2,1-4H3. The maximum Gasteiger partial charge on any atom is 0.218 e. The molecule has 0 aliphatic heterocycles. The molecule has 0 radical (unpaired) electrons. The molecule has 7 heteroatoms. The molecule has 0 saturated heterocycles. The van der Waals surface area contributed by atoms with E-state index < -0.39 is 16.3 Å². The minimum Gasteiger partial charge on any atom is -0.394 e. The molecule has 20 heavy (non-hydrogen) atoms. The van der Waals surface area contributed by atoms with Gasteiger partial charge in [-0.25, -0.2) is 9.97 Å². The first kappa shape index (κ1) is 14.8. The van der Waals surface area contributed by atoms with Crippen molar-refractivity contribution >= 4 is 10.8 Å². The second-order valence-corrected chi connectivity index (χ2v) is 6.50. The second-order valence-electron chi connectivity index (χ2n) is 5.22. The SMILES string of the molecule is Cc1nn(C(C)(C)CO)cc1-c1ccnc(S(C)=O)n1. The maximum absolute atomic E-state index is 11.5. The molecule has 1 atom stereocenters. The van der Waals surface area contributed by atoms with Crippen molar-refractivity contribution < 1.29 is 9.32 Å². The van der Waals surface area contributed by atoms with Gasteiger partial charge in [-0.3, -0.25) is 8.89 Å². The minimum atomic E-state index is -1.22. The van der Waals surface area contributed by atoms with E-state index in [1.54, 1.807) is 23.2 Å². The van der Waals surface area contributed by atoms with Gasteiger partial charge in [0.2, 0.25) is 5.16 Å². The molecule has 2 aromatic rings. The Hall–Kier alpha value is -1.60. The molecule has 0 aromatic carbocycles. The smallest absolute Gasteiger partial charge is 0.218 e. The molecular weight excluding hydrogens is 276 g/mol. The van der Waals surface area contributed by atoms with Crippen LogP contribution in [0.25, 0.3) is 11.3 Å². The van der Waals surface area contributed by atoms with Crippen molar-refractivity contribution in [3.8, 4) is 11.3 Å². The third-order valence-electron chi connectivity index (χ3n) is 3.07. The van der Waals surface area contributed by atoms with Gasteiger partial charge in [-0.2, -0.15) is 5.10 Å². The summed E-state index contributed by atoms with van der Waals surface area (Å²) in [5.41, 5.74) is 1.85. The first-order chi connectivity index (χ1) is 9.35. The number of nitrogens with zero attached hydrogens (tertiary/aromatic N) is 4. The van der Waals surface area contributed by atoms with Crippen molar-refractivity contribution in [3.63, 3.8) is 0 Å². The zero-order valence-corrected chi connectivity index (χ0v) is 12.8. The highest BCUT2D eigenvalue weighted by atomic mass is 32.2. The highest BCUT2D eigenvalue weighted by Crippen LogP contribution is 2.24. The fourth-order valence-corrected chi connectivity index (χ4v) is 2.16. The van der Waals surface area contributed by atoms with Crippen molar-refractivity contribution in [2.75, 3.05) is 12.9 Å². The van der Waals surface area contributed by atoms with Gasteiger partial charge in [0.1, 0.15) is 0 Å². The fraction of sp³-hybridized carbons (Fsp3) is 0.462. The predicted octanol–water partition coefficient (Wildman–Crippen LogP) is 1.11. The Kier molecular flexibility index (Phi) is 4.01. The van der Waals surface area contributed by atoms with Crippen LogP contribution >= 0.6 is 0 Å². The molecule has 2 rings (SSSR count). The van der Waals surface area contributed by atoms with Crippen LogP contribution in [0.1, 0.15) is 19.5 Å². The number of hydrogen-bond acceptors (Lipinski definition) is 5. The van der Waals surface area contributed by atoms with E-state index in [9.17, 15) is 9.32 Å². The molecule has 0 spiro atoms. The van der Waals surface area contributed by atoms with E-state index in [-0.39, 0.29) is 6.61 Å². The van der Waals surface area contributed by atoms with Crippen LogP contribution in [0.4, 0.5) is 0 Å². The summed E-state index contributed by atoms with van der Waals surface area (Å²) in [7, 11) is -1.22. The van der Waals surface area contributed by atoms with E-state index >= 15 is 0 Å². The fourth-order valence-electron chi connectivity index (χ4n) is 1.72.